The lowest BCUT2D eigenvalue weighted by molar-refractivity contribution is 0.0378. The first-order valence-corrected chi connectivity index (χ1v) is 8.35. The number of aliphatic hydroxyl groups excluding tert-OH is 1. The van der Waals surface area contributed by atoms with Crippen LogP contribution in [0.25, 0.3) is 0 Å². The second-order valence-corrected chi connectivity index (χ2v) is 6.13. The van der Waals surface area contributed by atoms with Crippen molar-refractivity contribution in [1.29, 1.82) is 0 Å². The molecule has 1 aromatic carbocycles. The molecule has 1 aliphatic heterocycles. The fourth-order valence-electron chi connectivity index (χ4n) is 2.88. The highest BCUT2D eigenvalue weighted by Crippen LogP contribution is 2.19. The average Bonchev–Trinajstić information content (AvgIpc) is 2.53. The van der Waals surface area contributed by atoms with Crippen LogP contribution in [0, 0.1) is 12.8 Å². The summed E-state index contributed by atoms with van der Waals surface area (Å²) in [6, 6.07) is 7.91. The van der Waals surface area contributed by atoms with Gasteiger partial charge in [0.1, 0.15) is 18.5 Å². The first-order chi connectivity index (χ1) is 10.7. The van der Waals surface area contributed by atoms with Crippen LogP contribution >= 0.6 is 0 Å². The van der Waals surface area contributed by atoms with Crippen molar-refractivity contribution in [1.82, 2.24) is 4.90 Å². The van der Waals surface area contributed by atoms with Crippen molar-refractivity contribution in [2.24, 2.45) is 5.92 Å². The first-order valence-electron chi connectivity index (χ1n) is 8.35. The summed E-state index contributed by atoms with van der Waals surface area (Å²) in [5.74, 6) is 1.54. The molecular weight excluding hydrogens is 278 g/mol. The van der Waals surface area contributed by atoms with Gasteiger partial charge in [0.25, 0.3) is 0 Å². The van der Waals surface area contributed by atoms with E-state index >= 15 is 0 Å². The molecule has 22 heavy (non-hydrogen) atoms. The van der Waals surface area contributed by atoms with Gasteiger partial charge in [0, 0.05) is 19.8 Å². The Morgan fingerprint density at radius 2 is 2.00 bits per heavy atom. The molecule has 0 radical (unpaired) electrons. The van der Waals surface area contributed by atoms with Crippen LogP contribution in [-0.4, -0.2) is 55.6 Å². The van der Waals surface area contributed by atoms with E-state index in [2.05, 4.69) is 4.90 Å². The number of aryl methyl sites for hydroxylation is 1. The quantitative estimate of drug-likeness (QED) is 0.801. The molecule has 0 aromatic heterocycles. The van der Waals surface area contributed by atoms with Crippen LogP contribution in [0.15, 0.2) is 24.3 Å². The van der Waals surface area contributed by atoms with Gasteiger partial charge in [-0.15, -0.1) is 0 Å². The normalized spacial score (nSPS) is 18.3. The van der Waals surface area contributed by atoms with E-state index in [-0.39, 0.29) is 0 Å². The number of aliphatic hydroxyl groups is 1. The van der Waals surface area contributed by atoms with Gasteiger partial charge < -0.3 is 19.5 Å². The van der Waals surface area contributed by atoms with Crippen molar-refractivity contribution >= 4 is 0 Å². The topological polar surface area (TPSA) is 41.9 Å². The monoisotopic (exact) mass is 307 g/mol. The predicted molar refractivity (Wildman–Crippen MR) is 88.3 cm³/mol. The number of piperidine rings is 1. The van der Waals surface area contributed by atoms with Crippen LogP contribution in [-0.2, 0) is 4.74 Å². The lowest BCUT2D eigenvalue weighted by Crippen LogP contribution is -2.41. The maximum Gasteiger partial charge on any atom is 0.122 e. The largest absolute Gasteiger partial charge is 0.491 e. The molecule has 1 heterocycles. The third-order valence-electron chi connectivity index (χ3n) is 4.26. The summed E-state index contributed by atoms with van der Waals surface area (Å²) < 4.78 is 11.2. The maximum absolute atomic E-state index is 10.2. The number of nitrogens with zero attached hydrogens (tertiary/aromatic N) is 1. The van der Waals surface area contributed by atoms with Gasteiger partial charge >= 0.3 is 0 Å². The van der Waals surface area contributed by atoms with Crippen LogP contribution in [0.4, 0.5) is 0 Å². The van der Waals surface area contributed by atoms with Crippen molar-refractivity contribution in [2.75, 3.05) is 39.5 Å². The van der Waals surface area contributed by atoms with E-state index in [0.29, 0.717) is 19.1 Å². The smallest absolute Gasteiger partial charge is 0.122 e. The molecular formula is C18H29NO3. The molecule has 1 saturated heterocycles. The Morgan fingerprint density at radius 1 is 1.27 bits per heavy atom. The number of para-hydroxylation sites is 1. The predicted octanol–water partition coefficient (Wildman–Crippen LogP) is 2.48. The van der Waals surface area contributed by atoms with Crippen LogP contribution in [0.1, 0.15) is 25.3 Å². The first kappa shape index (κ1) is 17.3. The molecule has 1 unspecified atom stereocenters. The molecule has 0 aliphatic carbocycles. The van der Waals surface area contributed by atoms with Crippen molar-refractivity contribution in [3.05, 3.63) is 29.8 Å². The SMILES string of the molecule is CCOCC1CCN(CC(O)COc2ccccc2C)CC1. The number of likely N-dealkylation sites (tertiary alicyclic amines) is 1. The highest BCUT2D eigenvalue weighted by atomic mass is 16.5. The molecule has 124 valence electrons. The molecule has 0 spiro atoms. The standard InChI is InChI=1S/C18H29NO3/c1-3-21-13-16-8-10-19(11-9-16)12-17(20)14-22-18-7-5-4-6-15(18)2/h4-7,16-17,20H,3,8-14H2,1-2H3. The highest BCUT2D eigenvalue weighted by molar-refractivity contribution is 5.31. The molecule has 1 atom stereocenters. The summed E-state index contributed by atoms with van der Waals surface area (Å²) in [5.41, 5.74) is 1.10. The number of hydrogen-bond donors (Lipinski definition) is 1. The zero-order chi connectivity index (χ0) is 15.8. The minimum Gasteiger partial charge on any atom is -0.491 e. The van der Waals surface area contributed by atoms with Crippen molar-refractivity contribution in [3.63, 3.8) is 0 Å². The molecule has 0 bridgehead atoms. The highest BCUT2D eigenvalue weighted by Gasteiger charge is 2.21. The molecule has 4 nitrogen and oxygen atoms in total. The van der Waals surface area contributed by atoms with Crippen molar-refractivity contribution in [3.8, 4) is 5.75 Å². The average molecular weight is 307 g/mol. The number of rotatable bonds is 8. The van der Waals surface area contributed by atoms with E-state index in [9.17, 15) is 5.11 Å². The molecule has 1 aliphatic rings. The van der Waals surface area contributed by atoms with E-state index in [1.54, 1.807) is 0 Å². The van der Waals surface area contributed by atoms with E-state index in [0.717, 1.165) is 50.5 Å². The van der Waals surface area contributed by atoms with Gasteiger partial charge in [0.05, 0.1) is 0 Å². The van der Waals surface area contributed by atoms with Gasteiger partial charge in [0.2, 0.25) is 0 Å². The van der Waals surface area contributed by atoms with E-state index in [1.807, 2.05) is 38.1 Å². The van der Waals surface area contributed by atoms with Crippen molar-refractivity contribution < 1.29 is 14.6 Å². The Bertz CT molecular complexity index is 430. The van der Waals surface area contributed by atoms with Gasteiger partial charge in [-0.05, 0) is 57.3 Å². The molecule has 2 rings (SSSR count). The Hall–Kier alpha value is -1.10. The van der Waals surface area contributed by atoms with Crippen LogP contribution in [0.5, 0.6) is 5.75 Å². The van der Waals surface area contributed by atoms with E-state index < -0.39 is 6.10 Å². The minimum absolute atomic E-state index is 0.351. The lowest BCUT2D eigenvalue weighted by atomic mass is 9.97. The molecule has 1 N–H and O–H groups in total. The van der Waals surface area contributed by atoms with Gasteiger partial charge in [-0.3, -0.25) is 0 Å². The molecule has 1 fully saturated rings. The third-order valence-corrected chi connectivity index (χ3v) is 4.26. The van der Waals surface area contributed by atoms with Crippen LogP contribution in [0.2, 0.25) is 0 Å². The molecule has 1 aromatic rings. The lowest BCUT2D eigenvalue weighted by Gasteiger charge is -2.32. The molecule has 4 heteroatoms. The van der Waals surface area contributed by atoms with Gasteiger partial charge in [-0.25, -0.2) is 0 Å². The second kappa shape index (κ2) is 9.13. The Kier molecular flexibility index (Phi) is 7.16. The molecule has 0 amide bonds. The Morgan fingerprint density at radius 3 is 2.68 bits per heavy atom. The second-order valence-electron chi connectivity index (χ2n) is 6.13. The minimum atomic E-state index is -0.442. The number of hydrogen-bond acceptors (Lipinski definition) is 4. The van der Waals surface area contributed by atoms with Gasteiger partial charge in [-0.1, -0.05) is 18.2 Å². The maximum atomic E-state index is 10.2. The summed E-state index contributed by atoms with van der Waals surface area (Å²) >= 11 is 0. The van der Waals surface area contributed by atoms with Crippen LogP contribution in [0.3, 0.4) is 0 Å². The van der Waals surface area contributed by atoms with E-state index in [4.69, 9.17) is 9.47 Å². The molecule has 0 saturated carbocycles. The fraction of sp³-hybridized carbons (Fsp3) is 0.667. The number of β-amino-alcohol motifs (C(OH)–C–C–N with tert-alkyl or cyclic N) is 1. The summed E-state index contributed by atoms with van der Waals surface area (Å²) in [5, 5.41) is 10.2. The van der Waals surface area contributed by atoms with Crippen molar-refractivity contribution in [2.45, 2.75) is 32.8 Å². The zero-order valence-corrected chi connectivity index (χ0v) is 13.8. The zero-order valence-electron chi connectivity index (χ0n) is 13.8. The fourth-order valence-corrected chi connectivity index (χ4v) is 2.88. The number of ether oxygens (including phenoxy) is 2. The Balaban J connectivity index is 1.66. The van der Waals surface area contributed by atoms with Crippen LogP contribution < -0.4 is 4.74 Å². The van der Waals surface area contributed by atoms with Gasteiger partial charge in [-0.2, -0.15) is 0 Å². The summed E-state index contributed by atoms with van der Waals surface area (Å²) in [4.78, 5) is 2.33. The summed E-state index contributed by atoms with van der Waals surface area (Å²) in [7, 11) is 0. The summed E-state index contributed by atoms with van der Waals surface area (Å²) in [6.45, 7) is 8.86. The third kappa shape index (κ3) is 5.59. The number of benzene rings is 1. The Labute approximate surface area is 134 Å². The van der Waals surface area contributed by atoms with Gasteiger partial charge in [0.15, 0.2) is 0 Å². The van der Waals surface area contributed by atoms with E-state index in [1.165, 1.54) is 0 Å². The summed E-state index contributed by atoms with van der Waals surface area (Å²) in [6.07, 6.45) is 1.87.